The molecule has 1 aliphatic rings. The van der Waals surface area contributed by atoms with Crippen LogP contribution in [0.25, 0.3) is 0 Å². The minimum Gasteiger partial charge on any atom is -0.409 e. The second kappa shape index (κ2) is 6.67. The van der Waals surface area contributed by atoms with Gasteiger partial charge in [0.25, 0.3) is 0 Å². The van der Waals surface area contributed by atoms with E-state index in [9.17, 15) is 0 Å². The van der Waals surface area contributed by atoms with E-state index in [-0.39, 0.29) is 0 Å². The minimum atomic E-state index is 0.320. The molecule has 0 aromatic carbocycles. The molecule has 0 spiro atoms. The van der Waals surface area contributed by atoms with Gasteiger partial charge in [0.1, 0.15) is 0 Å². The maximum Gasteiger partial charge on any atom is 0.153 e. The van der Waals surface area contributed by atoms with Crippen molar-refractivity contribution in [3.63, 3.8) is 0 Å². The lowest BCUT2D eigenvalue weighted by Gasteiger charge is -2.29. The van der Waals surface area contributed by atoms with Crippen molar-refractivity contribution >= 4 is 5.84 Å². The van der Waals surface area contributed by atoms with Crippen LogP contribution in [0, 0.1) is 0 Å². The van der Waals surface area contributed by atoms with Crippen LogP contribution in [0.3, 0.4) is 0 Å². The molecule has 1 fully saturated rings. The van der Waals surface area contributed by atoms with Crippen molar-refractivity contribution < 1.29 is 5.21 Å². The largest absolute Gasteiger partial charge is 0.409 e. The summed E-state index contributed by atoms with van der Waals surface area (Å²) in [6.07, 6.45) is 7.86. The topological polar surface area (TPSA) is 61.8 Å². The molecule has 88 valence electrons. The Bertz CT molecular complexity index is 198. The van der Waals surface area contributed by atoms with Crippen LogP contribution in [-0.2, 0) is 0 Å². The zero-order valence-corrected chi connectivity index (χ0v) is 9.65. The molecule has 4 heteroatoms. The van der Waals surface area contributed by atoms with E-state index in [0.29, 0.717) is 18.4 Å². The number of likely N-dealkylation sites (N-methyl/N-ethyl adjacent to an activating group) is 1. The van der Waals surface area contributed by atoms with Crippen molar-refractivity contribution in [2.75, 3.05) is 13.1 Å². The predicted molar refractivity (Wildman–Crippen MR) is 62.1 cm³/mol. The van der Waals surface area contributed by atoms with Gasteiger partial charge in [0, 0.05) is 6.04 Å². The van der Waals surface area contributed by atoms with Crippen LogP contribution in [0.1, 0.15) is 45.4 Å². The molecule has 0 radical (unpaired) electrons. The maximum atomic E-state index is 8.57. The fraction of sp³-hybridized carbons (Fsp3) is 0.909. The highest BCUT2D eigenvalue weighted by Gasteiger charge is 2.19. The molecule has 0 heterocycles. The van der Waals surface area contributed by atoms with E-state index in [1.807, 2.05) is 0 Å². The zero-order chi connectivity index (χ0) is 11.1. The molecule has 1 rings (SSSR count). The van der Waals surface area contributed by atoms with Gasteiger partial charge in [-0.1, -0.05) is 37.8 Å². The minimum absolute atomic E-state index is 0.320. The van der Waals surface area contributed by atoms with Crippen LogP contribution in [0.2, 0.25) is 0 Å². The molecule has 0 bridgehead atoms. The van der Waals surface area contributed by atoms with Crippen LogP contribution in [0.4, 0.5) is 0 Å². The van der Waals surface area contributed by atoms with Gasteiger partial charge in [-0.3, -0.25) is 4.90 Å². The second-order valence-electron chi connectivity index (χ2n) is 4.30. The average Bonchev–Trinajstić information content (AvgIpc) is 2.54. The van der Waals surface area contributed by atoms with Crippen LogP contribution in [-0.4, -0.2) is 35.1 Å². The summed E-state index contributed by atoms with van der Waals surface area (Å²) >= 11 is 0. The molecule has 0 atom stereocenters. The normalized spacial score (nSPS) is 20.5. The Morgan fingerprint density at radius 1 is 1.33 bits per heavy atom. The Labute approximate surface area is 92.1 Å². The number of nitrogens with two attached hydrogens (primary N) is 1. The molecular weight excluding hydrogens is 190 g/mol. The molecule has 4 nitrogen and oxygen atoms in total. The third-order valence-electron chi connectivity index (χ3n) is 3.24. The SMILES string of the molecule is CCN(CC(N)=NO)C1CCCCCC1. The summed E-state index contributed by atoms with van der Waals surface area (Å²) in [5, 5.41) is 11.6. The van der Waals surface area contributed by atoms with Gasteiger partial charge in [-0.05, 0) is 19.4 Å². The third-order valence-corrected chi connectivity index (χ3v) is 3.24. The number of amidine groups is 1. The molecule has 0 unspecified atom stereocenters. The van der Waals surface area contributed by atoms with Gasteiger partial charge in [0.2, 0.25) is 0 Å². The summed E-state index contributed by atoms with van der Waals surface area (Å²) in [7, 11) is 0. The molecule has 0 aromatic heterocycles. The fourth-order valence-electron chi connectivity index (χ4n) is 2.36. The van der Waals surface area contributed by atoms with E-state index in [4.69, 9.17) is 10.9 Å². The Morgan fingerprint density at radius 2 is 1.93 bits per heavy atom. The highest BCUT2D eigenvalue weighted by molar-refractivity contribution is 5.81. The average molecular weight is 213 g/mol. The summed E-state index contributed by atoms with van der Waals surface area (Å²) in [4.78, 5) is 2.32. The van der Waals surface area contributed by atoms with Crippen LogP contribution in [0.5, 0.6) is 0 Å². The van der Waals surface area contributed by atoms with Crippen LogP contribution >= 0.6 is 0 Å². The van der Waals surface area contributed by atoms with Crippen molar-refractivity contribution in [2.24, 2.45) is 10.9 Å². The lowest BCUT2D eigenvalue weighted by atomic mass is 10.1. The lowest BCUT2D eigenvalue weighted by molar-refractivity contribution is 0.210. The first-order valence-corrected chi connectivity index (χ1v) is 5.98. The second-order valence-corrected chi connectivity index (χ2v) is 4.30. The molecule has 15 heavy (non-hydrogen) atoms. The summed E-state index contributed by atoms with van der Waals surface area (Å²) in [5.41, 5.74) is 5.55. The molecule has 1 aliphatic carbocycles. The van der Waals surface area contributed by atoms with Crippen molar-refractivity contribution in [1.29, 1.82) is 0 Å². The summed E-state index contributed by atoms with van der Waals surface area (Å²) in [6.45, 7) is 3.70. The number of oxime groups is 1. The summed E-state index contributed by atoms with van der Waals surface area (Å²) in [6, 6.07) is 0.623. The quantitative estimate of drug-likeness (QED) is 0.246. The molecule has 0 saturated heterocycles. The molecular formula is C11H23N3O. The molecule has 1 saturated carbocycles. The van der Waals surface area contributed by atoms with Crippen LogP contribution < -0.4 is 5.73 Å². The van der Waals surface area contributed by atoms with Crippen molar-refractivity contribution in [2.45, 2.75) is 51.5 Å². The Kier molecular flexibility index (Phi) is 5.47. The monoisotopic (exact) mass is 213 g/mol. The lowest BCUT2D eigenvalue weighted by Crippen LogP contribution is -2.41. The number of rotatable bonds is 4. The maximum absolute atomic E-state index is 8.57. The zero-order valence-electron chi connectivity index (χ0n) is 9.65. The van der Waals surface area contributed by atoms with Crippen molar-refractivity contribution in [1.82, 2.24) is 4.90 Å². The van der Waals surface area contributed by atoms with Gasteiger partial charge >= 0.3 is 0 Å². The van der Waals surface area contributed by atoms with E-state index in [1.54, 1.807) is 0 Å². The van der Waals surface area contributed by atoms with Crippen molar-refractivity contribution in [3.05, 3.63) is 0 Å². The Morgan fingerprint density at radius 3 is 2.40 bits per heavy atom. The number of hydrogen-bond donors (Lipinski definition) is 2. The predicted octanol–water partition coefficient (Wildman–Crippen LogP) is 1.78. The number of hydrogen-bond acceptors (Lipinski definition) is 3. The van der Waals surface area contributed by atoms with E-state index in [2.05, 4.69) is 17.0 Å². The first kappa shape index (κ1) is 12.3. The third kappa shape index (κ3) is 4.08. The molecule has 0 aliphatic heterocycles. The van der Waals surface area contributed by atoms with Gasteiger partial charge in [-0.25, -0.2) is 0 Å². The fourth-order valence-corrected chi connectivity index (χ4v) is 2.36. The molecule has 3 N–H and O–H groups in total. The standard InChI is InChI=1S/C11H23N3O/c1-2-14(9-11(12)13-15)10-7-5-3-4-6-8-10/h10,15H,2-9H2,1H3,(H2,12,13). The number of nitrogens with zero attached hydrogens (tertiary/aromatic N) is 2. The van der Waals surface area contributed by atoms with Gasteiger partial charge in [0.05, 0.1) is 6.54 Å². The van der Waals surface area contributed by atoms with Gasteiger partial charge < -0.3 is 10.9 Å². The van der Waals surface area contributed by atoms with E-state index < -0.39 is 0 Å². The Hall–Kier alpha value is -0.770. The summed E-state index contributed by atoms with van der Waals surface area (Å²) < 4.78 is 0. The van der Waals surface area contributed by atoms with Gasteiger partial charge in [0.15, 0.2) is 5.84 Å². The van der Waals surface area contributed by atoms with Gasteiger partial charge in [-0.2, -0.15) is 0 Å². The van der Waals surface area contributed by atoms with Crippen LogP contribution in [0.15, 0.2) is 5.16 Å². The Balaban J connectivity index is 2.47. The first-order chi connectivity index (χ1) is 7.27. The summed E-state index contributed by atoms with van der Waals surface area (Å²) in [5.74, 6) is 0.320. The van der Waals surface area contributed by atoms with E-state index in [0.717, 1.165) is 6.54 Å². The molecule has 0 aromatic rings. The smallest absolute Gasteiger partial charge is 0.153 e. The van der Waals surface area contributed by atoms with Gasteiger partial charge in [-0.15, -0.1) is 0 Å². The molecule has 0 amide bonds. The van der Waals surface area contributed by atoms with Crippen molar-refractivity contribution in [3.8, 4) is 0 Å². The van der Waals surface area contributed by atoms with E-state index in [1.165, 1.54) is 38.5 Å². The highest BCUT2D eigenvalue weighted by Crippen LogP contribution is 2.21. The first-order valence-electron chi connectivity index (χ1n) is 5.98. The van der Waals surface area contributed by atoms with E-state index >= 15 is 0 Å². The highest BCUT2D eigenvalue weighted by atomic mass is 16.4.